The lowest BCUT2D eigenvalue weighted by molar-refractivity contribution is 0.406. The highest BCUT2D eigenvalue weighted by atomic mass is 79.9. The minimum absolute atomic E-state index is 0.565. The third-order valence-corrected chi connectivity index (χ3v) is 3.88. The van der Waals surface area contributed by atoms with Crippen LogP contribution in [0.2, 0.25) is 0 Å². The number of anilines is 1. The maximum Gasteiger partial charge on any atom is 0.145 e. The van der Waals surface area contributed by atoms with Gasteiger partial charge in [0, 0.05) is 6.07 Å². The van der Waals surface area contributed by atoms with E-state index >= 15 is 0 Å². The van der Waals surface area contributed by atoms with Crippen LogP contribution in [0.25, 0.3) is 0 Å². The van der Waals surface area contributed by atoms with E-state index in [-0.39, 0.29) is 0 Å². The van der Waals surface area contributed by atoms with Crippen LogP contribution < -0.4 is 19.9 Å². The van der Waals surface area contributed by atoms with Crippen LogP contribution in [0.3, 0.4) is 0 Å². The van der Waals surface area contributed by atoms with Gasteiger partial charge >= 0.3 is 0 Å². The molecule has 0 fully saturated rings. The number of hydrogen-bond acceptors (Lipinski definition) is 4. The average Bonchev–Trinajstić information content (AvgIpc) is 2.44. The van der Waals surface area contributed by atoms with Crippen molar-refractivity contribution >= 4 is 37.5 Å². The lowest BCUT2D eigenvalue weighted by Crippen LogP contribution is -1.94. The number of halogens is 2. The largest absolute Gasteiger partial charge is 0.496 e. The number of methoxy groups -OCH3 is 2. The summed E-state index contributed by atoms with van der Waals surface area (Å²) in [7, 11) is 3.17. The molecule has 0 aromatic heterocycles. The molecule has 20 heavy (non-hydrogen) atoms. The second-order valence-corrected chi connectivity index (χ2v) is 5.63. The Kier molecular flexibility index (Phi) is 4.77. The standard InChI is InChI=1S/C14H13Br2NO3/c1-18-12-6-10(16)13(7-9(12)15)20-8-3-4-11(17)14(5-8)19-2/h3-7H,17H2,1-2H3. The Morgan fingerprint density at radius 2 is 1.45 bits per heavy atom. The van der Waals surface area contributed by atoms with Gasteiger partial charge in [0.15, 0.2) is 0 Å². The summed E-state index contributed by atoms with van der Waals surface area (Å²) in [5.74, 6) is 2.59. The number of rotatable bonds is 4. The van der Waals surface area contributed by atoms with Gasteiger partial charge in [0.25, 0.3) is 0 Å². The van der Waals surface area contributed by atoms with Crippen LogP contribution in [0.4, 0.5) is 5.69 Å². The SMILES string of the molecule is COc1cc(Oc2cc(Br)c(OC)cc2Br)ccc1N. The van der Waals surface area contributed by atoms with Gasteiger partial charge in [0.05, 0.1) is 28.9 Å². The van der Waals surface area contributed by atoms with Crippen molar-refractivity contribution in [1.82, 2.24) is 0 Å². The molecular weight excluding hydrogens is 390 g/mol. The van der Waals surface area contributed by atoms with Crippen LogP contribution in [0.1, 0.15) is 0 Å². The predicted octanol–water partition coefficient (Wildman–Crippen LogP) is 4.60. The van der Waals surface area contributed by atoms with Gasteiger partial charge in [-0.25, -0.2) is 0 Å². The molecule has 2 aromatic carbocycles. The molecule has 0 radical (unpaired) electrons. The Morgan fingerprint density at radius 1 is 0.850 bits per heavy atom. The molecule has 0 bridgehead atoms. The number of nitrogens with two attached hydrogens (primary N) is 1. The maximum atomic E-state index is 5.82. The molecule has 0 amide bonds. The van der Waals surface area contributed by atoms with Crippen molar-refractivity contribution in [2.45, 2.75) is 0 Å². The minimum Gasteiger partial charge on any atom is -0.496 e. The highest BCUT2D eigenvalue weighted by Gasteiger charge is 2.10. The third kappa shape index (κ3) is 3.19. The number of ether oxygens (including phenoxy) is 3. The summed E-state index contributed by atoms with van der Waals surface area (Å²) in [6, 6.07) is 8.91. The first kappa shape index (κ1) is 15.0. The molecule has 2 rings (SSSR count). The molecule has 0 atom stereocenters. The zero-order valence-corrected chi connectivity index (χ0v) is 14.1. The third-order valence-electron chi connectivity index (χ3n) is 2.64. The van der Waals surface area contributed by atoms with Crippen LogP contribution in [-0.2, 0) is 0 Å². The van der Waals surface area contributed by atoms with E-state index in [0.717, 1.165) is 14.7 Å². The highest BCUT2D eigenvalue weighted by molar-refractivity contribution is 9.11. The van der Waals surface area contributed by atoms with Crippen LogP contribution in [0.15, 0.2) is 39.3 Å². The second kappa shape index (κ2) is 6.37. The lowest BCUT2D eigenvalue weighted by Gasteiger charge is -2.12. The molecule has 0 aliphatic rings. The van der Waals surface area contributed by atoms with Crippen molar-refractivity contribution in [3.63, 3.8) is 0 Å². The molecular formula is C14H13Br2NO3. The summed E-state index contributed by atoms with van der Waals surface area (Å²) in [5, 5.41) is 0. The van der Waals surface area contributed by atoms with Crippen LogP contribution in [0.5, 0.6) is 23.0 Å². The number of hydrogen-bond donors (Lipinski definition) is 1. The zero-order chi connectivity index (χ0) is 14.7. The van der Waals surface area contributed by atoms with Gasteiger partial charge in [-0.1, -0.05) is 0 Å². The topological polar surface area (TPSA) is 53.7 Å². The van der Waals surface area contributed by atoms with E-state index in [4.69, 9.17) is 19.9 Å². The second-order valence-electron chi connectivity index (χ2n) is 3.92. The Morgan fingerprint density at radius 3 is 2.10 bits per heavy atom. The quantitative estimate of drug-likeness (QED) is 0.759. The van der Waals surface area contributed by atoms with Gasteiger partial charge in [-0.2, -0.15) is 0 Å². The van der Waals surface area contributed by atoms with Gasteiger partial charge in [0.2, 0.25) is 0 Å². The van der Waals surface area contributed by atoms with E-state index in [2.05, 4.69) is 31.9 Å². The van der Waals surface area contributed by atoms with Crippen molar-refractivity contribution in [3.8, 4) is 23.0 Å². The molecule has 0 spiro atoms. The summed E-state index contributed by atoms with van der Waals surface area (Å²) in [6.45, 7) is 0. The minimum atomic E-state index is 0.565. The molecule has 4 nitrogen and oxygen atoms in total. The van der Waals surface area contributed by atoms with Crippen LogP contribution in [-0.4, -0.2) is 14.2 Å². The fraction of sp³-hybridized carbons (Fsp3) is 0.143. The van der Waals surface area contributed by atoms with Crippen molar-refractivity contribution in [2.75, 3.05) is 20.0 Å². The molecule has 0 aliphatic carbocycles. The molecule has 0 saturated carbocycles. The summed E-state index contributed by atoms with van der Waals surface area (Å²) >= 11 is 6.87. The van der Waals surface area contributed by atoms with Gasteiger partial charge in [0.1, 0.15) is 23.0 Å². The van der Waals surface area contributed by atoms with E-state index < -0.39 is 0 Å². The summed E-state index contributed by atoms with van der Waals surface area (Å²) in [5.41, 5.74) is 6.34. The summed E-state index contributed by atoms with van der Waals surface area (Å²) in [4.78, 5) is 0. The first-order chi connectivity index (χ1) is 9.55. The van der Waals surface area contributed by atoms with Gasteiger partial charge < -0.3 is 19.9 Å². The zero-order valence-electron chi connectivity index (χ0n) is 10.9. The molecule has 6 heteroatoms. The first-order valence-corrected chi connectivity index (χ1v) is 7.28. The van der Waals surface area contributed by atoms with Gasteiger partial charge in [-0.15, -0.1) is 0 Å². The summed E-state index contributed by atoms with van der Waals surface area (Å²) in [6.07, 6.45) is 0. The Labute approximate surface area is 134 Å². The molecule has 106 valence electrons. The van der Waals surface area contributed by atoms with E-state index in [1.165, 1.54) is 0 Å². The average molecular weight is 403 g/mol. The molecule has 0 unspecified atom stereocenters. The molecule has 0 saturated heterocycles. The fourth-order valence-electron chi connectivity index (χ4n) is 1.63. The Hall–Kier alpha value is -1.40. The number of nitrogen functional groups attached to an aromatic ring is 1. The summed E-state index contributed by atoms with van der Waals surface area (Å²) < 4.78 is 17.8. The van der Waals surface area contributed by atoms with E-state index in [0.29, 0.717) is 22.9 Å². The van der Waals surface area contributed by atoms with Crippen LogP contribution in [0, 0.1) is 0 Å². The molecule has 0 aliphatic heterocycles. The van der Waals surface area contributed by atoms with Crippen molar-refractivity contribution < 1.29 is 14.2 Å². The van der Waals surface area contributed by atoms with E-state index in [9.17, 15) is 0 Å². The van der Waals surface area contributed by atoms with Gasteiger partial charge in [-0.05, 0) is 56.1 Å². The first-order valence-electron chi connectivity index (χ1n) is 5.69. The normalized spacial score (nSPS) is 10.2. The lowest BCUT2D eigenvalue weighted by atomic mass is 10.2. The van der Waals surface area contributed by atoms with E-state index in [1.54, 1.807) is 32.4 Å². The molecule has 2 N–H and O–H groups in total. The Bertz CT molecular complexity index is 632. The maximum absolute atomic E-state index is 5.82. The highest BCUT2D eigenvalue weighted by Crippen LogP contribution is 2.39. The van der Waals surface area contributed by atoms with Crippen molar-refractivity contribution in [2.24, 2.45) is 0 Å². The smallest absolute Gasteiger partial charge is 0.145 e. The van der Waals surface area contributed by atoms with Crippen LogP contribution >= 0.6 is 31.9 Å². The Balaban J connectivity index is 2.32. The van der Waals surface area contributed by atoms with Crippen molar-refractivity contribution in [1.29, 1.82) is 0 Å². The van der Waals surface area contributed by atoms with E-state index in [1.807, 2.05) is 12.1 Å². The molecule has 2 aromatic rings. The van der Waals surface area contributed by atoms with Gasteiger partial charge in [-0.3, -0.25) is 0 Å². The predicted molar refractivity (Wildman–Crippen MR) is 85.9 cm³/mol. The number of benzene rings is 2. The van der Waals surface area contributed by atoms with Crippen molar-refractivity contribution in [3.05, 3.63) is 39.3 Å². The molecule has 0 heterocycles. The fourth-order valence-corrected chi connectivity index (χ4v) is 2.51. The monoisotopic (exact) mass is 401 g/mol.